The Morgan fingerprint density at radius 2 is 1.91 bits per heavy atom. The zero-order valence-electron chi connectivity index (χ0n) is 12.6. The lowest BCUT2D eigenvalue weighted by molar-refractivity contribution is 0.222. The van der Waals surface area contributed by atoms with Crippen molar-refractivity contribution in [2.45, 2.75) is 13.0 Å². The molecular weight excluding hydrogens is 270 g/mol. The molecule has 0 aliphatic carbocycles. The molecule has 0 aliphatic rings. The van der Waals surface area contributed by atoms with E-state index < -0.39 is 6.10 Å². The van der Waals surface area contributed by atoms with Crippen molar-refractivity contribution in [3.63, 3.8) is 0 Å². The van der Waals surface area contributed by atoms with E-state index >= 15 is 0 Å². The van der Waals surface area contributed by atoms with Crippen LogP contribution in [0.5, 0.6) is 0 Å². The van der Waals surface area contributed by atoms with Crippen LogP contribution >= 0.6 is 0 Å². The lowest BCUT2D eigenvalue weighted by Gasteiger charge is -2.12. The van der Waals surface area contributed by atoms with Gasteiger partial charge in [-0.3, -0.25) is 0 Å². The van der Waals surface area contributed by atoms with Crippen LogP contribution in [0.3, 0.4) is 0 Å². The standard InChI is InChI=1S/C20H19NO/c1-3-8-16-14(4-2)11-12-18-19(16)17(13-21-18)20(22)15-9-6-5-7-10-15/h3-13,20-22H,2H2,1H3/b8-3-. The van der Waals surface area contributed by atoms with Crippen molar-refractivity contribution in [1.29, 1.82) is 0 Å². The first-order chi connectivity index (χ1) is 10.8. The van der Waals surface area contributed by atoms with Crippen molar-refractivity contribution in [2.75, 3.05) is 0 Å². The lowest BCUT2D eigenvalue weighted by Crippen LogP contribution is -1.99. The normalized spacial score (nSPS) is 12.8. The van der Waals surface area contributed by atoms with Crippen LogP contribution in [-0.4, -0.2) is 10.1 Å². The molecule has 0 bridgehead atoms. The van der Waals surface area contributed by atoms with Gasteiger partial charge in [-0.15, -0.1) is 0 Å². The highest BCUT2D eigenvalue weighted by Gasteiger charge is 2.17. The Bertz CT molecular complexity index is 828. The summed E-state index contributed by atoms with van der Waals surface area (Å²) in [6.07, 6.45) is 7.16. The maximum atomic E-state index is 10.8. The smallest absolute Gasteiger partial charge is 0.106 e. The van der Waals surface area contributed by atoms with E-state index in [1.807, 2.05) is 67.7 Å². The largest absolute Gasteiger partial charge is 0.384 e. The Labute approximate surface area is 130 Å². The van der Waals surface area contributed by atoms with Crippen molar-refractivity contribution in [2.24, 2.45) is 0 Å². The molecule has 0 saturated carbocycles. The Morgan fingerprint density at radius 3 is 2.59 bits per heavy atom. The fourth-order valence-electron chi connectivity index (χ4n) is 2.85. The molecule has 1 heterocycles. The predicted molar refractivity (Wildman–Crippen MR) is 93.6 cm³/mol. The molecule has 0 fully saturated rings. The minimum atomic E-state index is -0.654. The van der Waals surface area contributed by atoms with E-state index in [1.54, 1.807) is 0 Å². The van der Waals surface area contributed by atoms with Crippen molar-refractivity contribution in [3.8, 4) is 0 Å². The summed E-state index contributed by atoms with van der Waals surface area (Å²) in [5.74, 6) is 0. The van der Waals surface area contributed by atoms with Crippen LogP contribution in [0, 0.1) is 0 Å². The number of hydrogen-bond donors (Lipinski definition) is 2. The summed E-state index contributed by atoms with van der Waals surface area (Å²) < 4.78 is 0. The molecule has 2 nitrogen and oxygen atoms in total. The van der Waals surface area contributed by atoms with Crippen molar-refractivity contribution < 1.29 is 5.11 Å². The van der Waals surface area contributed by atoms with Gasteiger partial charge in [-0.25, -0.2) is 0 Å². The van der Waals surface area contributed by atoms with E-state index in [1.165, 1.54) is 0 Å². The number of fused-ring (bicyclic) bond motifs is 1. The minimum absolute atomic E-state index is 0.654. The molecule has 2 N–H and O–H groups in total. The maximum absolute atomic E-state index is 10.8. The van der Waals surface area contributed by atoms with E-state index in [0.29, 0.717) is 0 Å². The molecular formula is C20H19NO. The summed E-state index contributed by atoms with van der Waals surface area (Å²) in [5, 5.41) is 11.8. The van der Waals surface area contributed by atoms with Crippen LogP contribution in [0.1, 0.15) is 35.3 Å². The van der Waals surface area contributed by atoms with Crippen LogP contribution in [0.4, 0.5) is 0 Å². The first-order valence-corrected chi connectivity index (χ1v) is 7.38. The molecule has 2 aromatic carbocycles. The third-order valence-electron chi connectivity index (χ3n) is 3.91. The van der Waals surface area contributed by atoms with Crippen LogP contribution in [0.15, 0.2) is 61.3 Å². The van der Waals surface area contributed by atoms with Crippen molar-refractivity contribution >= 4 is 23.1 Å². The highest BCUT2D eigenvalue weighted by atomic mass is 16.3. The van der Waals surface area contributed by atoms with Gasteiger partial charge >= 0.3 is 0 Å². The summed E-state index contributed by atoms with van der Waals surface area (Å²) in [6, 6.07) is 13.8. The molecule has 1 aromatic heterocycles. The van der Waals surface area contributed by atoms with Crippen molar-refractivity contribution in [1.82, 2.24) is 4.98 Å². The van der Waals surface area contributed by atoms with Crippen LogP contribution in [0.25, 0.3) is 23.1 Å². The Morgan fingerprint density at radius 1 is 1.14 bits per heavy atom. The van der Waals surface area contributed by atoms with Gasteiger partial charge in [0.1, 0.15) is 6.10 Å². The molecule has 0 radical (unpaired) electrons. The molecule has 3 aromatic rings. The molecule has 0 saturated heterocycles. The average molecular weight is 289 g/mol. The van der Waals surface area contributed by atoms with E-state index in [0.717, 1.165) is 33.2 Å². The van der Waals surface area contributed by atoms with E-state index in [-0.39, 0.29) is 0 Å². The van der Waals surface area contributed by atoms with Crippen molar-refractivity contribution in [3.05, 3.63) is 83.6 Å². The quantitative estimate of drug-likeness (QED) is 0.702. The van der Waals surface area contributed by atoms with Gasteiger partial charge in [0.25, 0.3) is 0 Å². The third-order valence-corrected chi connectivity index (χ3v) is 3.91. The van der Waals surface area contributed by atoms with Crippen LogP contribution in [0.2, 0.25) is 0 Å². The minimum Gasteiger partial charge on any atom is -0.384 e. The molecule has 22 heavy (non-hydrogen) atoms. The number of aliphatic hydroxyl groups is 1. The van der Waals surface area contributed by atoms with Gasteiger partial charge < -0.3 is 10.1 Å². The fraction of sp³-hybridized carbons (Fsp3) is 0.100. The second-order valence-corrected chi connectivity index (χ2v) is 5.25. The van der Waals surface area contributed by atoms with Gasteiger partial charge in [0.15, 0.2) is 0 Å². The monoisotopic (exact) mass is 289 g/mol. The van der Waals surface area contributed by atoms with E-state index in [2.05, 4.69) is 17.6 Å². The molecule has 110 valence electrons. The second kappa shape index (κ2) is 6.04. The summed E-state index contributed by atoms with van der Waals surface area (Å²) in [7, 11) is 0. The number of aromatic nitrogens is 1. The predicted octanol–water partition coefficient (Wildman–Crippen LogP) is 4.93. The molecule has 1 atom stereocenters. The number of H-pyrrole nitrogens is 1. The zero-order chi connectivity index (χ0) is 15.5. The number of allylic oxidation sites excluding steroid dienone is 1. The van der Waals surface area contributed by atoms with Gasteiger partial charge in [0.2, 0.25) is 0 Å². The van der Waals surface area contributed by atoms with Gasteiger partial charge in [-0.05, 0) is 29.7 Å². The summed E-state index contributed by atoms with van der Waals surface area (Å²) in [4.78, 5) is 3.26. The second-order valence-electron chi connectivity index (χ2n) is 5.25. The number of aliphatic hydroxyl groups excluding tert-OH is 1. The summed E-state index contributed by atoms with van der Waals surface area (Å²) in [6.45, 7) is 5.88. The van der Waals surface area contributed by atoms with E-state index in [9.17, 15) is 5.11 Å². The summed E-state index contributed by atoms with van der Waals surface area (Å²) in [5.41, 5.74) is 4.94. The highest BCUT2D eigenvalue weighted by molar-refractivity contribution is 5.95. The number of aromatic amines is 1. The molecule has 0 aliphatic heterocycles. The van der Waals surface area contributed by atoms with Gasteiger partial charge in [-0.2, -0.15) is 0 Å². The molecule has 0 amide bonds. The Balaban J connectivity index is 2.24. The van der Waals surface area contributed by atoms with Crippen LogP contribution in [-0.2, 0) is 0 Å². The van der Waals surface area contributed by atoms with Gasteiger partial charge in [0.05, 0.1) is 0 Å². The Kier molecular flexibility index (Phi) is 3.94. The number of rotatable bonds is 4. The van der Waals surface area contributed by atoms with Crippen LogP contribution < -0.4 is 0 Å². The Hall–Kier alpha value is -2.58. The summed E-state index contributed by atoms with van der Waals surface area (Å²) >= 11 is 0. The van der Waals surface area contributed by atoms with Gasteiger partial charge in [0, 0.05) is 22.7 Å². The fourth-order valence-corrected chi connectivity index (χ4v) is 2.85. The highest BCUT2D eigenvalue weighted by Crippen LogP contribution is 2.33. The number of nitrogens with one attached hydrogen (secondary N) is 1. The molecule has 1 unspecified atom stereocenters. The lowest BCUT2D eigenvalue weighted by atomic mass is 9.95. The number of hydrogen-bond acceptors (Lipinski definition) is 1. The third kappa shape index (κ3) is 2.38. The SMILES string of the molecule is C=Cc1ccc2[nH]cc(C(O)c3ccccc3)c2c1/C=C\C. The zero-order valence-corrected chi connectivity index (χ0v) is 12.6. The van der Waals surface area contributed by atoms with Gasteiger partial charge in [-0.1, -0.05) is 61.2 Å². The first kappa shape index (κ1) is 14.4. The molecule has 0 spiro atoms. The maximum Gasteiger partial charge on any atom is 0.106 e. The topological polar surface area (TPSA) is 36.0 Å². The average Bonchev–Trinajstić information content (AvgIpc) is 3.00. The van der Waals surface area contributed by atoms with E-state index in [4.69, 9.17) is 0 Å². The first-order valence-electron chi connectivity index (χ1n) is 7.38. The molecule has 2 heteroatoms. The molecule has 3 rings (SSSR count). The number of benzene rings is 2.